The highest BCUT2D eigenvalue weighted by molar-refractivity contribution is 6.23. The molecule has 2 heterocycles. The smallest absolute Gasteiger partial charge is 0.262 e. The third-order valence-corrected chi connectivity index (χ3v) is 5.48. The minimum atomic E-state index is -0.634. The summed E-state index contributed by atoms with van der Waals surface area (Å²) in [5.41, 5.74) is 7.22. The molecule has 8 nitrogen and oxygen atoms in total. The molecule has 0 atom stereocenters. The summed E-state index contributed by atoms with van der Waals surface area (Å²) in [5, 5.41) is 5.09. The molecule has 1 saturated carbocycles. The molecule has 3 amide bonds. The molecule has 0 spiro atoms. The number of anilines is 2. The fourth-order valence-corrected chi connectivity index (χ4v) is 3.95. The molecular weight excluding hydrogens is 360 g/mol. The Labute approximate surface area is 160 Å². The SMILES string of the molecule is Cc1c(NC(=O)C2CCCC2)cccc1-n1c(N)c2c(cc1=O)C(=O)NC2=O. The second-order valence-electron chi connectivity index (χ2n) is 7.20. The fraction of sp³-hybridized carbons (Fsp3) is 0.300. The van der Waals surface area contributed by atoms with Gasteiger partial charge in [-0.25, -0.2) is 0 Å². The predicted molar refractivity (Wildman–Crippen MR) is 104 cm³/mol. The average molecular weight is 380 g/mol. The second-order valence-corrected chi connectivity index (χ2v) is 7.20. The predicted octanol–water partition coefficient (Wildman–Crippen LogP) is 1.74. The van der Waals surface area contributed by atoms with Crippen LogP contribution in [0.1, 0.15) is 52.0 Å². The van der Waals surface area contributed by atoms with Gasteiger partial charge in [0.15, 0.2) is 0 Å². The number of imide groups is 1. The number of carbonyl (C=O) groups excluding carboxylic acids is 3. The van der Waals surface area contributed by atoms with Gasteiger partial charge in [0.05, 0.1) is 16.8 Å². The van der Waals surface area contributed by atoms with Crippen LogP contribution in [0.2, 0.25) is 0 Å². The summed E-state index contributed by atoms with van der Waals surface area (Å²) < 4.78 is 1.19. The van der Waals surface area contributed by atoms with Crippen molar-refractivity contribution in [2.24, 2.45) is 5.92 Å². The van der Waals surface area contributed by atoms with Crippen LogP contribution in [0.15, 0.2) is 29.1 Å². The molecule has 8 heteroatoms. The normalized spacial score (nSPS) is 16.2. The first-order chi connectivity index (χ1) is 13.4. The summed E-state index contributed by atoms with van der Waals surface area (Å²) in [6, 6.07) is 6.25. The van der Waals surface area contributed by atoms with Crippen molar-refractivity contribution in [2.75, 3.05) is 11.1 Å². The van der Waals surface area contributed by atoms with E-state index in [0.29, 0.717) is 16.9 Å². The maximum atomic E-state index is 12.7. The molecule has 28 heavy (non-hydrogen) atoms. The summed E-state index contributed by atoms with van der Waals surface area (Å²) in [6.45, 7) is 1.77. The van der Waals surface area contributed by atoms with E-state index in [1.807, 2.05) is 0 Å². The lowest BCUT2D eigenvalue weighted by atomic mass is 10.1. The first-order valence-corrected chi connectivity index (χ1v) is 9.20. The summed E-state index contributed by atoms with van der Waals surface area (Å²) in [5.74, 6) is -1.39. The number of nitrogens with zero attached hydrogens (tertiary/aromatic N) is 1. The van der Waals surface area contributed by atoms with Gasteiger partial charge in [-0.1, -0.05) is 18.9 Å². The lowest BCUT2D eigenvalue weighted by Gasteiger charge is -2.18. The molecule has 0 saturated heterocycles. The first-order valence-electron chi connectivity index (χ1n) is 9.20. The highest BCUT2D eigenvalue weighted by Crippen LogP contribution is 2.29. The summed E-state index contributed by atoms with van der Waals surface area (Å²) in [7, 11) is 0. The number of rotatable bonds is 3. The molecule has 1 fully saturated rings. The van der Waals surface area contributed by atoms with Gasteiger partial charge in [-0.3, -0.25) is 29.1 Å². The molecule has 0 unspecified atom stereocenters. The van der Waals surface area contributed by atoms with E-state index in [1.54, 1.807) is 25.1 Å². The van der Waals surface area contributed by atoms with Gasteiger partial charge in [0.1, 0.15) is 5.82 Å². The Morgan fingerprint density at radius 2 is 1.89 bits per heavy atom. The third-order valence-electron chi connectivity index (χ3n) is 5.48. The summed E-state index contributed by atoms with van der Waals surface area (Å²) >= 11 is 0. The number of carbonyl (C=O) groups is 3. The maximum Gasteiger partial charge on any atom is 0.262 e. The number of pyridine rings is 1. The molecule has 1 aromatic heterocycles. The van der Waals surface area contributed by atoms with Crippen LogP contribution >= 0.6 is 0 Å². The van der Waals surface area contributed by atoms with Gasteiger partial charge < -0.3 is 11.1 Å². The molecule has 0 radical (unpaired) electrons. The quantitative estimate of drug-likeness (QED) is 0.700. The van der Waals surface area contributed by atoms with E-state index in [-0.39, 0.29) is 28.8 Å². The van der Waals surface area contributed by atoms with Gasteiger partial charge in [-0.15, -0.1) is 0 Å². The Morgan fingerprint density at radius 3 is 2.61 bits per heavy atom. The largest absolute Gasteiger partial charge is 0.384 e. The number of nitrogens with two attached hydrogens (primary N) is 1. The summed E-state index contributed by atoms with van der Waals surface area (Å²) in [6.07, 6.45) is 3.87. The Kier molecular flexibility index (Phi) is 4.26. The Morgan fingerprint density at radius 1 is 1.18 bits per heavy atom. The Balaban J connectivity index is 1.78. The number of hydrogen-bond acceptors (Lipinski definition) is 5. The van der Waals surface area contributed by atoms with Crippen LogP contribution in [-0.4, -0.2) is 22.3 Å². The Bertz CT molecular complexity index is 1080. The molecule has 144 valence electrons. The lowest BCUT2D eigenvalue weighted by Crippen LogP contribution is -2.25. The number of nitrogens with one attached hydrogen (secondary N) is 2. The van der Waals surface area contributed by atoms with Crippen LogP contribution in [0.4, 0.5) is 11.5 Å². The second kappa shape index (κ2) is 6.63. The minimum absolute atomic E-state index is 0.00514. The van der Waals surface area contributed by atoms with E-state index >= 15 is 0 Å². The zero-order valence-corrected chi connectivity index (χ0v) is 15.4. The van der Waals surface area contributed by atoms with Crippen molar-refractivity contribution in [2.45, 2.75) is 32.6 Å². The molecule has 0 bridgehead atoms. The maximum absolute atomic E-state index is 12.7. The van der Waals surface area contributed by atoms with Gasteiger partial charge in [-0.05, 0) is 37.5 Å². The van der Waals surface area contributed by atoms with Crippen LogP contribution in [-0.2, 0) is 4.79 Å². The number of aromatic nitrogens is 1. The molecule has 1 aliphatic heterocycles. The third kappa shape index (κ3) is 2.77. The topological polar surface area (TPSA) is 123 Å². The fourth-order valence-electron chi connectivity index (χ4n) is 3.95. The van der Waals surface area contributed by atoms with E-state index in [4.69, 9.17) is 5.73 Å². The number of fused-ring (bicyclic) bond motifs is 1. The average Bonchev–Trinajstić information content (AvgIpc) is 3.27. The number of benzene rings is 1. The van der Waals surface area contributed by atoms with Crippen LogP contribution < -0.4 is 21.9 Å². The molecule has 1 aromatic carbocycles. The standard InChI is InChI=1S/C20H20N4O4/c1-10-13(22-18(26)11-5-2-3-6-11)7-4-8-14(10)24-15(25)9-12-16(17(24)21)20(28)23-19(12)27/h4,7-9,11H,2-3,5-6,21H2,1H3,(H,22,26)(H,23,27,28). The summed E-state index contributed by atoms with van der Waals surface area (Å²) in [4.78, 5) is 49.0. The van der Waals surface area contributed by atoms with Crippen molar-refractivity contribution in [1.82, 2.24) is 9.88 Å². The monoisotopic (exact) mass is 380 g/mol. The zero-order valence-electron chi connectivity index (χ0n) is 15.4. The van der Waals surface area contributed by atoms with E-state index in [1.165, 1.54) is 4.57 Å². The van der Waals surface area contributed by atoms with Gasteiger partial charge in [0.25, 0.3) is 17.4 Å². The number of amides is 3. The molecular formula is C20H20N4O4. The van der Waals surface area contributed by atoms with Crippen LogP contribution in [0, 0.1) is 12.8 Å². The van der Waals surface area contributed by atoms with Gasteiger partial charge in [-0.2, -0.15) is 0 Å². The van der Waals surface area contributed by atoms with E-state index in [0.717, 1.165) is 31.7 Å². The van der Waals surface area contributed by atoms with Crippen molar-refractivity contribution >= 4 is 29.2 Å². The first kappa shape index (κ1) is 18.0. The lowest BCUT2D eigenvalue weighted by molar-refractivity contribution is -0.119. The zero-order chi connectivity index (χ0) is 20.0. The molecule has 4 N–H and O–H groups in total. The van der Waals surface area contributed by atoms with Crippen molar-refractivity contribution in [3.8, 4) is 5.69 Å². The minimum Gasteiger partial charge on any atom is -0.384 e. The van der Waals surface area contributed by atoms with Crippen LogP contribution in [0.25, 0.3) is 5.69 Å². The number of nitrogen functional groups attached to an aromatic ring is 1. The molecule has 4 rings (SSSR count). The number of hydrogen-bond donors (Lipinski definition) is 3. The van der Waals surface area contributed by atoms with E-state index < -0.39 is 17.4 Å². The molecule has 1 aliphatic carbocycles. The van der Waals surface area contributed by atoms with Gasteiger partial charge >= 0.3 is 0 Å². The van der Waals surface area contributed by atoms with Crippen molar-refractivity contribution in [1.29, 1.82) is 0 Å². The van der Waals surface area contributed by atoms with Crippen LogP contribution in [0.3, 0.4) is 0 Å². The van der Waals surface area contributed by atoms with E-state index in [2.05, 4.69) is 10.6 Å². The highest BCUT2D eigenvalue weighted by atomic mass is 16.2. The van der Waals surface area contributed by atoms with Crippen molar-refractivity contribution in [3.05, 3.63) is 51.3 Å². The Hall–Kier alpha value is -3.42. The highest BCUT2D eigenvalue weighted by Gasteiger charge is 2.32. The van der Waals surface area contributed by atoms with Crippen molar-refractivity contribution in [3.63, 3.8) is 0 Å². The van der Waals surface area contributed by atoms with Gasteiger partial charge in [0, 0.05) is 17.7 Å². The van der Waals surface area contributed by atoms with Gasteiger partial charge in [0.2, 0.25) is 5.91 Å². The van der Waals surface area contributed by atoms with Crippen LogP contribution in [0.5, 0.6) is 0 Å². The van der Waals surface area contributed by atoms with Crippen molar-refractivity contribution < 1.29 is 14.4 Å². The molecule has 2 aliphatic rings. The van der Waals surface area contributed by atoms with E-state index in [9.17, 15) is 19.2 Å². The molecule has 2 aromatic rings.